The Kier molecular flexibility index (Phi) is 5.77. The summed E-state index contributed by atoms with van der Waals surface area (Å²) in [5, 5.41) is 3.06. The Morgan fingerprint density at radius 3 is 2.41 bits per heavy atom. The van der Waals surface area contributed by atoms with Gasteiger partial charge in [0.2, 0.25) is 0 Å². The number of rotatable bonds is 5. The highest BCUT2D eigenvalue weighted by molar-refractivity contribution is 5.94. The molecule has 22 heavy (non-hydrogen) atoms. The summed E-state index contributed by atoms with van der Waals surface area (Å²) in [6.45, 7) is 1.60. The maximum absolute atomic E-state index is 12.2. The van der Waals surface area contributed by atoms with Gasteiger partial charge in [0.1, 0.15) is 5.75 Å². The van der Waals surface area contributed by atoms with Crippen LogP contribution in [0.4, 0.5) is 0 Å². The summed E-state index contributed by atoms with van der Waals surface area (Å²) in [6, 6.07) is 7.03. The monoisotopic (exact) mass is 305 g/mol. The van der Waals surface area contributed by atoms with Crippen LogP contribution < -0.4 is 21.3 Å². The van der Waals surface area contributed by atoms with Gasteiger partial charge in [0.05, 0.1) is 0 Å². The molecule has 1 aromatic rings. The predicted octanol–water partition coefficient (Wildman–Crippen LogP) is 1.51. The molecule has 0 saturated heterocycles. The third-order valence-electron chi connectivity index (χ3n) is 3.88. The van der Waals surface area contributed by atoms with Crippen LogP contribution in [0.3, 0.4) is 0 Å². The first kappa shape index (κ1) is 16.3. The fraction of sp³-hybridized carbons (Fsp3) is 0.500. The first-order valence-corrected chi connectivity index (χ1v) is 7.68. The van der Waals surface area contributed by atoms with Crippen molar-refractivity contribution in [2.75, 3.05) is 0 Å². The smallest absolute Gasteiger partial charge is 0.274 e. The Balaban J connectivity index is 1.90. The van der Waals surface area contributed by atoms with Gasteiger partial charge >= 0.3 is 0 Å². The Morgan fingerprint density at radius 1 is 1.18 bits per heavy atom. The molecular weight excluding hydrogens is 282 g/mol. The number of benzene rings is 1. The van der Waals surface area contributed by atoms with Gasteiger partial charge in [0.25, 0.3) is 11.8 Å². The molecule has 0 aliphatic heterocycles. The van der Waals surface area contributed by atoms with Crippen molar-refractivity contribution in [3.8, 4) is 5.75 Å². The van der Waals surface area contributed by atoms with E-state index in [2.05, 4.69) is 5.32 Å². The summed E-state index contributed by atoms with van der Waals surface area (Å²) in [5.74, 6) is 5.10. The van der Waals surface area contributed by atoms with Crippen molar-refractivity contribution in [2.24, 2.45) is 5.84 Å². The Hall–Kier alpha value is -2.08. The molecule has 1 fully saturated rings. The minimum atomic E-state index is -0.688. The van der Waals surface area contributed by atoms with E-state index in [1.807, 2.05) is 5.43 Å². The summed E-state index contributed by atoms with van der Waals surface area (Å²) in [6.07, 6.45) is 5.04. The second-order valence-electron chi connectivity index (χ2n) is 5.60. The molecule has 0 heterocycles. The molecule has 1 unspecified atom stereocenters. The number of nitrogens with one attached hydrogen (secondary N) is 2. The third kappa shape index (κ3) is 4.46. The van der Waals surface area contributed by atoms with Gasteiger partial charge in [-0.3, -0.25) is 15.0 Å². The van der Waals surface area contributed by atoms with Crippen LogP contribution in [0, 0.1) is 0 Å². The summed E-state index contributed by atoms with van der Waals surface area (Å²) < 4.78 is 5.43. The fourth-order valence-electron chi connectivity index (χ4n) is 2.58. The number of amides is 2. The SMILES string of the molecule is CC(Oc1ccc(C(=O)NC2CCCCC2)cc1)C(=O)NN. The molecular formula is C16H23N3O3. The van der Waals surface area contributed by atoms with E-state index in [4.69, 9.17) is 10.6 Å². The molecule has 1 aromatic carbocycles. The molecule has 1 aliphatic rings. The molecule has 2 rings (SSSR count). The molecule has 0 spiro atoms. The van der Waals surface area contributed by atoms with Crippen molar-refractivity contribution in [3.05, 3.63) is 29.8 Å². The van der Waals surface area contributed by atoms with Gasteiger partial charge in [-0.15, -0.1) is 0 Å². The van der Waals surface area contributed by atoms with Crippen molar-refractivity contribution in [1.82, 2.24) is 10.7 Å². The maximum Gasteiger partial charge on any atom is 0.274 e. The number of hydrogen-bond donors (Lipinski definition) is 3. The molecule has 4 N–H and O–H groups in total. The van der Waals surface area contributed by atoms with Gasteiger partial charge < -0.3 is 10.1 Å². The van der Waals surface area contributed by atoms with Gasteiger partial charge in [0.15, 0.2) is 6.10 Å². The van der Waals surface area contributed by atoms with Crippen LogP contribution in [0.15, 0.2) is 24.3 Å². The number of hydrazine groups is 1. The summed E-state index contributed by atoms with van der Waals surface area (Å²) >= 11 is 0. The van der Waals surface area contributed by atoms with Crippen LogP contribution in [-0.4, -0.2) is 24.0 Å². The lowest BCUT2D eigenvalue weighted by molar-refractivity contribution is -0.127. The standard InChI is InChI=1S/C16H23N3O3/c1-11(15(20)19-17)22-14-9-7-12(8-10-14)16(21)18-13-5-3-2-4-6-13/h7-11,13H,2-6,17H2,1H3,(H,18,21)(H,19,20). The van der Waals surface area contributed by atoms with E-state index in [0.717, 1.165) is 12.8 Å². The lowest BCUT2D eigenvalue weighted by Crippen LogP contribution is -2.40. The van der Waals surface area contributed by atoms with Gasteiger partial charge in [-0.25, -0.2) is 5.84 Å². The van der Waals surface area contributed by atoms with E-state index in [1.165, 1.54) is 19.3 Å². The van der Waals surface area contributed by atoms with Crippen LogP contribution >= 0.6 is 0 Å². The average molecular weight is 305 g/mol. The van der Waals surface area contributed by atoms with Gasteiger partial charge in [-0.1, -0.05) is 19.3 Å². The number of hydrogen-bond acceptors (Lipinski definition) is 4. The second-order valence-corrected chi connectivity index (χ2v) is 5.60. The Labute approximate surface area is 130 Å². The molecule has 1 saturated carbocycles. The first-order valence-electron chi connectivity index (χ1n) is 7.68. The molecule has 0 radical (unpaired) electrons. The summed E-state index contributed by atoms with van der Waals surface area (Å²) in [4.78, 5) is 23.5. The molecule has 6 nitrogen and oxygen atoms in total. The number of ether oxygens (including phenoxy) is 1. The Bertz CT molecular complexity index is 510. The van der Waals surface area contributed by atoms with Crippen LogP contribution in [0.5, 0.6) is 5.75 Å². The van der Waals surface area contributed by atoms with E-state index in [0.29, 0.717) is 11.3 Å². The molecule has 120 valence electrons. The van der Waals surface area contributed by atoms with Crippen LogP contribution in [-0.2, 0) is 4.79 Å². The van der Waals surface area contributed by atoms with Gasteiger partial charge in [-0.05, 0) is 44.0 Å². The molecule has 6 heteroatoms. The van der Waals surface area contributed by atoms with Crippen molar-refractivity contribution >= 4 is 11.8 Å². The minimum Gasteiger partial charge on any atom is -0.481 e. The lowest BCUT2D eigenvalue weighted by Gasteiger charge is -2.22. The van der Waals surface area contributed by atoms with Crippen LogP contribution in [0.1, 0.15) is 49.4 Å². The zero-order valence-corrected chi connectivity index (χ0v) is 12.8. The minimum absolute atomic E-state index is 0.0637. The van der Waals surface area contributed by atoms with E-state index in [9.17, 15) is 9.59 Å². The molecule has 2 amide bonds. The van der Waals surface area contributed by atoms with Gasteiger partial charge in [0, 0.05) is 11.6 Å². The predicted molar refractivity (Wildman–Crippen MR) is 83.2 cm³/mol. The normalized spacial score (nSPS) is 16.6. The van der Waals surface area contributed by atoms with E-state index in [1.54, 1.807) is 31.2 Å². The van der Waals surface area contributed by atoms with Crippen molar-refractivity contribution in [1.29, 1.82) is 0 Å². The van der Waals surface area contributed by atoms with Crippen molar-refractivity contribution < 1.29 is 14.3 Å². The van der Waals surface area contributed by atoms with Crippen molar-refractivity contribution in [3.63, 3.8) is 0 Å². The van der Waals surface area contributed by atoms with E-state index < -0.39 is 12.0 Å². The van der Waals surface area contributed by atoms with E-state index in [-0.39, 0.29) is 11.9 Å². The van der Waals surface area contributed by atoms with E-state index >= 15 is 0 Å². The fourth-order valence-corrected chi connectivity index (χ4v) is 2.58. The summed E-state index contributed by atoms with van der Waals surface area (Å²) in [5.41, 5.74) is 2.62. The van der Waals surface area contributed by atoms with Crippen LogP contribution in [0.2, 0.25) is 0 Å². The highest BCUT2D eigenvalue weighted by atomic mass is 16.5. The number of carbonyl (C=O) groups is 2. The third-order valence-corrected chi connectivity index (χ3v) is 3.88. The molecule has 0 bridgehead atoms. The molecule has 1 aliphatic carbocycles. The maximum atomic E-state index is 12.2. The highest BCUT2D eigenvalue weighted by Crippen LogP contribution is 2.18. The average Bonchev–Trinajstić information content (AvgIpc) is 2.55. The van der Waals surface area contributed by atoms with Crippen LogP contribution in [0.25, 0.3) is 0 Å². The lowest BCUT2D eigenvalue weighted by atomic mass is 9.95. The zero-order valence-electron chi connectivity index (χ0n) is 12.8. The number of nitrogens with two attached hydrogens (primary N) is 1. The summed E-state index contributed by atoms with van der Waals surface area (Å²) in [7, 11) is 0. The Morgan fingerprint density at radius 2 is 1.82 bits per heavy atom. The molecule has 1 atom stereocenters. The quantitative estimate of drug-likeness (QED) is 0.436. The second kappa shape index (κ2) is 7.79. The molecule has 0 aromatic heterocycles. The largest absolute Gasteiger partial charge is 0.481 e. The highest BCUT2D eigenvalue weighted by Gasteiger charge is 2.17. The topological polar surface area (TPSA) is 93.4 Å². The first-order chi connectivity index (χ1) is 10.6. The number of carbonyl (C=O) groups excluding carboxylic acids is 2. The zero-order chi connectivity index (χ0) is 15.9. The van der Waals surface area contributed by atoms with Crippen molar-refractivity contribution in [2.45, 2.75) is 51.2 Å². The van der Waals surface area contributed by atoms with Gasteiger partial charge in [-0.2, -0.15) is 0 Å².